The van der Waals surface area contributed by atoms with E-state index in [9.17, 15) is 9.90 Å². The van der Waals surface area contributed by atoms with E-state index in [1.54, 1.807) is 12.1 Å². The highest BCUT2D eigenvalue weighted by molar-refractivity contribution is 9.11. The summed E-state index contributed by atoms with van der Waals surface area (Å²) in [6.45, 7) is 3.92. The van der Waals surface area contributed by atoms with Crippen molar-refractivity contribution in [2.75, 3.05) is 6.54 Å². The maximum atomic E-state index is 11.5. The number of amides is 1. The lowest BCUT2D eigenvalue weighted by molar-refractivity contribution is 0.0955. The minimum atomic E-state index is -0.333. The lowest BCUT2D eigenvalue weighted by Gasteiger charge is -2.06. The summed E-state index contributed by atoms with van der Waals surface area (Å²) in [7, 11) is 0. The van der Waals surface area contributed by atoms with Crippen molar-refractivity contribution in [2.45, 2.75) is 0 Å². The van der Waals surface area contributed by atoms with Gasteiger partial charge in [0, 0.05) is 15.5 Å². The first-order valence-corrected chi connectivity index (χ1v) is 5.69. The number of phenols is 1. The highest BCUT2D eigenvalue weighted by Gasteiger charge is 2.10. The molecule has 0 atom stereocenters. The van der Waals surface area contributed by atoms with E-state index >= 15 is 0 Å². The molecule has 0 bridgehead atoms. The Balaban J connectivity index is 2.78. The van der Waals surface area contributed by atoms with Crippen molar-refractivity contribution >= 4 is 37.8 Å². The Hall–Kier alpha value is -0.810. The van der Waals surface area contributed by atoms with E-state index in [0.29, 0.717) is 11.0 Å². The van der Waals surface area contributed by atoms with Crippen molar-refractivity contribution in [2.24, 2.45) is 0 Å². The topological polar surface area (TPSA) is 49.3 Å². The van der Waals surface area contributed by atoms with Crippen LogP contribution < -0.4 is 5.32 Å². The van der Waals surface area contributed by atoms with Gasteiger partial charge in [-0.15, -0.1) is 0 Å². The third-order valence-corrected chi connectivity index (χ3v) is 2.42. The lowest BCUT2D eigenvalue weighted by Crippen LogP contribution is -2.24. The summed E-state index contributed by atoms with van der Waals surface area (Å²) in [5.41, 5.74) is 0.243. The van der Waals surface area contributed by atoms with E-state index in [2.05, 4.69) is 43.8 Å². The van der Waals surface area contributed by atoms with Crippen molar-refractivity contribution in [1.29, 1.82) is 0 Å². The second-order valence-electron chi connectivity index (χ2n) is 2.86. The summed E-state index contributed by atoms with van der Waals surface area (Å²) in [6.07, 6.45) is 0. The van der Waals surface area contributed by atoms with E-state index in [0.717, 1.165) is 4.47 Å². The van der Waals surface area contributed by atoms with Gasteiger partial charge in [0.25, 0.3) is 5.91 Å². The van der Waals surface area contributed by atoms with Crippen LogP contribution >= 0.6 is 31.9 Å². The molecule has 0 saturated carbocycles. The number of aromatic hydroxyl groups is 1. The molecular weight excluding hydrogens is 326 g/mol. The van der Waals surface area contributed by atoms with Gasteiger partial charge in [0.1, 0.15) is 5.75 Å². The summed E-state index contributed by atoms with van der Waals surface area (Å²) in [5, 5.41) is 12.1. The van der Waals surface area contributed by atoms with Crippen molar-refractivity contribution in [3.63, 3.8) is 0 Å². The van der Waals surface area contributed by atoms with Crippen LogP contribution in [0.3, 0.4) is 0 Å². The fourth-order valence-electron chi connectivity index (χ4n) is 0.968. The van der Waals surface area contributed by atoms with E-state index in [1.165, 1.54) is 6.07 Å². The molecule has 0 fully saturated rings. The Morgan fingerprint density at radius 2 is 2.20 bits per heavy atom. The molecule has 80 valence electrons. The molecule has 1 rings (SSSR count). The van der Waals surface area contributed by atoms with Gasteiger partial charge in [0.15, 0.2) is 0 Å². The van der Waals surface area contributed by atoms with Gasteiger partial charge in [-0.05, 0) is 18.2 Å². The second-order valence-corrected chi connectivity index (χ2v) is 4.90. The fourth-order valence-corrected chi connectivity index (χ4v) is 1.46. The van der Waals surface area contributed by atoms with Crippen LogP contribution in [0.25, 0.3) is 0 Å². The van der Waals surface area contributed by atoms with E-state index in [1.807, 2.05) is 0 Å². The van der Waals surface area contributed by atoms with Crippen LogP contribution in [0.5, 0.6) is 5.75 Å². The molecule has 1 aromatic rings. The Morgan fingerprint density at radius 3 is 2.73 bits per heavy atom. The van der Waals surface area contributed by atoms with Crippen LogP contribution in [0.1, 0.15) is 10.4 Å². The molecule has 0 aliphatic rings. The molecule has 0 aromatic heterocycles. The molecule has 0 aliphatic carbocycles. The quantitative estimate of drug-likeness (QED) is 0.893. The maximum absolute atomic E-state index is 11.5. The molecule has 0 unspecified atom stereocenters. The Bertz CT molecular complexity index is 404. The van der Waals surface area contributed by atoms with Crippen molar-refractivity contribution in [1.82, 2.24) is 5.32 Å². The molecule has 1 amide bonds. The summed E-state index contributed by atoms with van der Waals surface area (Å²) in [5.74, 6) is -0.386. The number of carbonyl (C=O) groups excluding carboxylic acids is 1. The zero-order valence-electron chi connectivity index (χ0n) is 7.76. The Morgan fingerprint density at radius 1 is 1.53 bits per heavy atom. The zero-order chi connectivity index (χ0) is 11.4. The highest BCUT2D eigenvalue weighted by atomic mass is 79.9. The predicted octanol–water partition coefficient (Wildman–Crippen LogP) is 2.79. The zero-order valence-corrected chi connectivity index (χ0v) is 10.9. The summed E-state index contributed by atoms with van der Waals surface area (Å²) in [4.78, 5) is 11.5. The second kappa shape index (κ2) is 5.32. The standard InChI is InChI=1S/C10H9Br2NO2/c1-6(11)5-13-10(15)8-3-2-7(12)4-9(8)14/h2-4,14H,1,5H2,(H,13,15). The van der Waals surface area contributed by atoms with Crippen LogP contribution in [0.4, 0.5) is 0 Å². The van der Waals surface area contributed by atoms with Gasteiger partial charge in [0.05, 0.1) is 5.56 Å². The largest absolute Gasteiger partial charge is 0.507 e. The molecule has 15 heavy (non-hydrogen) atoms. The maximum Gasteiger partial charge on any atom is 0.255 e. The molecule has 1 aromatic carbocycles. The van der Waals surface area contributed by atoms with E-state index < -0.39 is 0 Å². The Labute approximate surface area is 104 Å². The number of carbonyl (C=O) groups is 1. The average Bonchev–Trinajstić information content (AvgIpc) is 2.14. The first-order chi connectivity index (χ1) is 7.00. The lowest BCUT2D eigenvalue weighted by atomic mass is 10.2. The number of phenolic OH excluding ortho intramolecular Hbond substituents is 1. The van der Waals surface area contributed by atoms with Crippen LogP contribution in [0, 0.1) is 0 Å². The fraction of sp³-hybridized carbons (Fsp3) is 0.100. The number of hydrogen-bond acceptors (Lipinski definition) is 2. The van der Waals surface area contributed by atoms with Crippen LogP contribution in [0.15, 0.2) is 33.7 Å². The normalized spacial score (nSPS) is 9.73. The minimum absolute atomic E-state index is 0.0536. The Kier molecular flexibility index (Phi) is 4.35. The van der Waals surface area contributed by atoms with Gasteiger partial charge in [-0.25, -0.2) is 0 Å². The van der Waals surface area contributed by atoms with Crippen molar-refractivity contribution < 1.29 is 9.90 Å². The first kappa shape index (κ1) is 12.3. The molecule has 0 heterocycles. The number of benzene rings is 1. The van der Waals surface area contributed by atoms with Gasteiger partial charge >= 0.3 is 0 Å². The smallest absolute Gasteiger partial charge is 0.255 e. The molecule has 0 radical (unpaired) electrons. The molecular formula is C10H9Br2NO2. The third kappa shape index (κ3) is 3.68. The van der Waals surface area contributed by atoms with Gasteiger partial charge in [-0.2, -0.15) is 0 Å². The molecule has 0 aliphatic heterocycles. The van der Waals surface area contributed by atoms with Crippen LogP contribution in [0.2, 0.25) is 0 Å². The molecule has 5 heteroatoms. The monoisotopic (exact) mass is 333 g/mol. The van der Waals surface area contributed by atoms with Crippen LogP contribution in [-0.4, -0.2) is 17.6 Å². The van der Waals surface area contributed by atoms with Crippen molar-refractivity contribution in [3.05, 3.63) is 39.3 Å². The first-order valence-electron chi connectivity index (χ1n) is 4.10. The SMILES string of the molecule is C=C(Br)CNC(=O)c1ccc(Br)cc1O. The summed E-state index contributed by atoms with van der Waals surface area (Å²) < 4.78 is 1.40. The molecule has 0 saturated heterocycles. The van der Waals surface area contributed by atoms with Gasteiger partial charge in [0.2, 0.25) is 0 Å². The van der Waals surface area contributed by atoms with Gasteiger partial charge in [-0.3, -0.25) is 4.79 Å². The van der Waals surface area contributed by atoms with Gasteiger partial charge < -0.3 is 10.4 Å². The summed E-state index contributed by atoms with van der Waals surface area (Å²) >= 11 is 6.32. The third-order valence-electron chi connectivity index (χ3n) is 1.65. The predicted molar refractivity (Wildman–Crippen MR) is 66.2 cm³/mol. The van der Waals surface area contributed by atoms with Crippen LogP contribution in [-0.2, 0) is 0 Å². The van der Waals surface area contributed by atoms with Gasteiger partial charge in [-0.1, -0.05) is 38.4 Å². The summed E-state index contributed by atoms with van der Waals surface area (Å²) in [6, 6.07) is 4.71. The number of halogens is 2. The number of nitrogens with one attached hydrogen (secondary N) is 1. The van der Waals surface area contributed by atoms with E-state index in [-0.39, 0.29) is 17.2 Å². The molecule has 3 nitrogen and oxygen atoms in total. The average molecular weight is 335 g/mol. The highest BCUT2D eigenvalue weighted by Crippen LogP contribution is 2.22. The number of hydrogen-bond donors (Lipinski definition) is 2. The number of rotatable bonds is 3. The van der Waals surface area contributed by atoms with E-state index in [4.69, 9.17) is 0 Å². The van der Waals surface area contributed by atoms with Crippen molar-refractivity contribution in [3.8, 4) is 5.75 Å². The molecule has 2 N–H and O–H groups in total. The molecule has 0 spiro atoms. The minimum Gasteiger partial charge on any atom is -0.507 e.